The molecule has 23 heavy (non-hydrogen) atoms. The molecule has 1 unspecified atom stereocenters. The van der Waals surface area contributed by atoms with E-state index in [-0.39, 0.29) is 0 Å². The Hall–Kier alpha value is -1.62. The lowest BCUT2D eigenvalue weighted by Gasteiger charge is -2.13. The number of carbonyl (C=O) groups is 2. The number of carbonyl (C=O) groups excluding carboxylic acids is 2. The van der Waals surface area contributed by atoms with E-state index in [1.165, 1.54) is 0 Å². The topological polar surface area (TPSA) is 52.6 Å². The number of ether oxygens (including phenoxy) is 2. The summed E-state index contributed by atoms with van der Waals surface area (Å²) in [6.07, 6.45) is 6.47. The third-order valence-electron chi connectivity index (χ3n) is 3.39. The van der Waals surface area contributed by atoms with Crippen molar-refractivity contribution in [3.05, 3.63) is 40.9 Å². The first kappa shape index (κ1) is 19.4. The second-order valence-electron chi connectivity index (χ2n) is 5.25. The molecule has 0 amide bonds. The predicted octanol–water partition coefficient (Wildman–Crippen LogP) is 4.67. The molecule has 0 heterocycles. The van der Waals surface area contributed by atoms with Gasteiger partial charge in [0.25, 0.3) is 0 Å². The van der Waals surface area contributed by atoms with Crippen LogP contribution in [0.1, 0.15) is 39.5 Å². The maximum Gasteiger partial charge on any atom is 0.336 e. The predicted molar refractivity (Wildman–Crippen MR) is 93.2 cm³/mol. The van der Waals surface area contributed by atoms with E-state index in [0.29, 0.717) is 18.3 Å². The molecule has 1 rings (SSSR count). The van der Waals surface area contributed by atoms with Crippen molar-refractivity contribution in [3.8, 4) is 5.75 Å². The molecule has 0 fully saturated rings. The monoisotopic (exact) mass is 382 g/mol. The van der Waals surface area contributed by atoms with E-state index in [1.54, 1.807) is 24.3 Å². The first-order valence-electron chi connectivity index (χ1n) is 7.87. The van der Waals surface area contributed by atoms with E-state index in [2.05, 4.69) is 29.8 Å². The summed E-state index contributed by atoms with van der Waals surface area (Å²) in [6, 6.07) is 6.85. The van der Waals surface area contributed by atoms with Gasteiger partial charge in [0.2, 0.25) is 0 Å². The molecule has 0 aliphatic heterocycles. The summed E-state index contributed by atoms with van der Waals surface area (Å²) in [6.45, 7) is 4.61. The molecule has 1 atom stereocenters. The highest BCUT2D eigenvalue weighted by Crippen LogP contribution is 2.16. The fraction of sp³-hybridized carbons (Fsp3) is 0.444. The van der Waals surface area contributed by atoms with Gasteiger partial charge in [-0.15, -0.1) is 0 Å². The van der Waals surface area contributed by atoms with Crippen LogP contribution in [0, 0.1) is 5.92 Å². The number of hydrogen-bond donors (Lipinski definition) is 0. The molecule has 0 bridgehead atoms. The summed E-state index contributed by atoms with van der Waals surface area (Å²) in [5.74, 6) is -0.334. The number of hydrogen-bond acceptors (Lipinski definition) is 4. The summed E-state index contributed by atoms with van der Waals surface area (Å²) in [4.78, 5) is 23.2. The Labute approximate surface area is 146 Å². The Balaban J connectivity index is 2.36. The van der Waals surface area contributed by atoms with E-state index in [1.807, 2.05) is 0 Å². The Kier molecular flexibility index (Phi) is 9.29. The smallest absolute Gasteiger partial charge is 0.336 e. The Morgan fingerprint density at radius 1 is 1.13 bits per heavy atom. The average molecular weight is 383 g/mol. The largest absolute Gasteiger partial charge is 0.462 e. The van der Waals surface area contributed by atoms with Gasteiger partial charge >= 0.3 is 11.9 Å². The van der Waals surface area contributed by atoms with Crippen LogP contribution < -0.4 is 4.74 Å². The minimum atomic E-state index is -0.609. The molecule has 5 heteroatoms. The van der Waals surface area contributed by atoms with Crippen molar-refractivity contribution in [1.82, 2.24) is 0 Å². The zero-order valence-electron chi connectivity index (χ0n) is 13.6. The van der Waals surface area contributed by atoms with Crippen LogP contribution in [0.2, 0.25) is 0 Å². The molecular formula is C18H23BrO4. The molecule has 1 aromatic carbocycles. The molecule has 0 saturated carbocycles. The van der Waals surface area contributed by atoms with Gasteiger partial charge in [0.05, 0.1) is 6.61 Å². The minimum Gasteiger partial charge on any atom is -0.462 e. The molecule has 0 aliphatic rings. The standard InChI is InChI=1S/C18H23BrO4/c1-3-5-6-14(4-2)13-22-17(20)11-12-18(21)23-16-9-7-15(19)8-10-16/h7-12,14H,3-6,13H2,1-2H3/b12-11+. The lowest BCUT2D eigenvalue weighted by atomic mass is 10.0. The molecular weight excluding hydrogens is 360 g/mol. The van der Waals surface area contributed by atoms with Crippen molar-refractivity contribution in [1.29, 1.82) is 0 Å². The van der Waals surface area contributed by atoms with Crippen LogP contribution in [-0.4, -0.2) is 18.5 Å². The van der Waals surface area contributed by atoms with Crippen molar-refractivity contribution in [2.45, 2.75) is 39.5 Å². The molecule has 4 nitrogen and oxygen atoms in total. The number of esters is 2. The normalized spacial score (nSPS) is 12.1. The SMILES string of the molecule is CCCCC(CC)COC(=O)/C=C/C(=O)Oc1ccc(Br)cc1. The van der Waals surface area contributed by atoms with Crippen molar-refractivity contribution in [2.24, 2.45) is 5.92 Å². The highest BCUT2D eigenvalue weighted by Gasteiger charge is 2.09. The van der Waals surface area contributed by atoms with Crippen LogP contribution in [0.4, 0.5) is 0 Å². The van der Waals surface area contributed by atoms with Crippen molar-refractivity contribution >= 4 is 27.9 Å². The van der Waals surface area contributed by atoms with Crippen LogP contribution in [0.25, 0.3) is 0 Å². The quantitative estimate of drug-likeness (QED) is 0.353. The maximum atomic E-state index is 11.6. The zero-order valence-corrected chi connectivity index (χ0v) is 15.2. The highest BCUT2D eigenvalue weighted by atomic mass is 79.9. The van der Waals surface area contributed by atoms with Gasteiger partial charge in [0, 0.05) is 16.6 Å². The number of benzene rings is 1. The summed E-state index contributed by atoms with van der Waals surface area (Å²) in [5.41, 5.74) is 0. The Bertz CT molecular complexity index is 522. The Morgan fingerprint density at radius 3 is 2.39 bits per heavy atom. The van der Waals surface area contributed by atoms with E-state index >= 15 is 0 Å². The van der Waals surface area contributed by atoms with Crippen LogP contribution in [-0.2, 0) is 14.3 Å². The molecule has 0 saturated heterocycles. The highest BCUT2D eigenvalue weighted by molar-refractivity contribution is 9.10. The van der Waals surface area contributed by atoms with Crippen LogP contribution >= 0.6 is 15.9 Å². The molecule has 0 aromatic heterocycles. The average Bonchev–Trinajstić information content (AvgIpc) is 2.55. The number of rotatable bonds is 9. The first-order chi connectivity index (χ1) is 11.0. The maximum absolute atomic E-state index is 11.6. The van der Waals surface area contributed by atoms with E-state index < -0.39 is 11.9 Å². The van der Waals surface area contributed by atoms with Gasteiger partial charge in [0.1, 0.15) is 5.75 Å². The second-order valence-corrected chi connectivity index (χ2v) is 6.17. The van der Waals surface area contributed by atoms with E-state index in [0.717, 1.165) is 42.3 Å². The van der Waals surface area contributed by atoms with Crippen LogP contribution in [0.3, 0.4) is 0 Å². The van der Waals surface area contributed by atoms with Gasteiger partial charge in [-0.2, -0.15) is 0 Å². The van der Waals surface area contributed by atoms with E-state index in [9.17, 15) is 9.59 Å². The third kappa shape index (κ3) is 8.55. The van der Waals surface area contributed by atoms with Crippen LogP contribution in [0.5, 0.6) is 5.75 Å². The fourth-order valence-corrected chi connectivity index (χ4v) is 2.20. The molecule has 0 N–H and O–H groups in total. The van der Waals surface area contributed by atoms with E-state index in [4.69, 9.17) is 9.47 Å². The second kappa shape index (κ2) is 11.0. The lowest BCUT2D eigenvalue weighted by molar-refractivity contribution is -0.139. The fourth-order valence-electron chi connectivity index (χ4n) is 1.94. The summed E-state index contributed by atoms with van der Waals surface area (Å²) in [7, 11) is 0. The zero-order chi connectivity index (χ0) is 17.1. The summed E-state index contributed by atoms with van der Waals surface area (Å²) in [5, 5.41) is 0. The summed E-state index contributed by atoms with van der Waals surface area (Å²) < 4.78 is 11.1. The first-order valence-corrected chi connectivity index (χ1v) is 8.66. The molecule has 0 radical (unpaired) electrons. The summed E-state index contributed by atoms with van der Waals surface area (Å²) >= 11 is 3.30. The van der Waals surface area contributed by atoms with Crippen LogP contribution in [0.15, 0.2) is 40.9 Å². The molecule has 1 aromatic rings. The number of halogens is 1. The van der Waals surface area contributed by atoms with Crippen molar-refractivity contribution in [2.75, 3.05) is 6.61 Å². The van der Waals surface area contributed by atoms with Gasteiger partial charge < -0.3 is 9.47 Å². The van der Waals surface area contributed by atoms with Gasteiger partial charge in [-0.25, -0.2) is 9.59 Å². The van der Waals surface area contributed by atoms with Gasteiger partial charge in [-0.1, -0.05) is 49.0 Å². The lowest BCUT2D eigenvalue weighted by Crippen LogP contribution is -2.13. The van der Waals surface area contributed by atoms with Gasteiger partial charge in [0.15, 0.2) is 0 Å². The molecule has 126 valence electrons. The Morgan fingerprint density at radius 2 is 1.78 bits per heavy atom. The van der Waals surface area contributed by atoms with Gasteiger partial charge in [-0.3, -0.25) is 0 Å². The van der Waals surface area contributed by atoms with Crippen molar-refractivity contribution in [3.63, 3.8) is 0 Å². The molecule has 0 spiro atoms. The minimum absolute atomic E-state index is 0.377. The number of unbranched alkanes of at least 4 members (excludes halogenated alkanes) is 1. The third-order valence-corrected chi connectivity index (χ3v) is 3.92. The van der Waals surface area contributed by atoms with Gasteiger partial charge in [-0.05, 0) is 36.6 Å². The molecule has 0 aliphatic carbocycles. The van der Waals surface area contributed by atoms with Crippen molar-refractivity contribution < 1.29 is 19.1 Å².